The Kier molecular flexibility index (Phi) is 6.29. The zero-order chi connectivity index (χ0) is 21.2. The fraction of sp³-hybridized carbons (Fsp3) is 0.409. The molecule has 156 valence electrons. The highest BCUT2D eigenvalue weighted by Crippen LogP contribution is 2.24. The van der Waals surface area contributed by atoms with Crippen LogP contribution in [-0.4, -0.2) is 56.8 Å². The number of anilines is 1. The number of carbonyl (C=O) groups is 1. The van der Waals surface area contributed by atoms with Gasteiger partial charge in [-0.2, -0.15) is 0 Å². The van der Waals surface area contributed by atoms with Gasteiger partial charge in [0.2, 0.25) is 0 Å². The van der Waals surface area contributed by atoms with Gasteiger partial charge in [-0.3, -0.25) is 9.52 Å². The molecule has 0 aromatic heterocycles. The third-order valence-corrected chi connectivity index (χ3v) is 6.98. The minimum absolute atomic E-state index is 0.121. The van der Waals surface area contributed by atoms with Crippen molar-refractivity contribution in [2.24, 2.45) is 0 Å². The largest absolute Gasteiger partial charge is 0.336 e. The highest BCUT2D eigenvalue weighted by molar-refractivity contribution is 7.92. The molecule has 1 heterocycles. The maximum absolute atomic E-state index is 13.1. The number of piperazine rings is 1. The summed E-state index contributed by atoms with van der Waals surface area (Å²) >= 11 is 0. The van der Waals surface area contributed by atoms with Crippen molar-refractivity contribution in [2.45, 2.75) is 32.6 Å². The van der Waals surface area contributed by atoms with Crippen molar-refractivity contribution in [3.05, 3.63) is 58.7 Å². The summed E-state index contributed by atoms with van der Waals surface area (Å²) in [5, 5.41) is 0. The van der Waals surface area contributed by atoms with E-state index in [1.54, 1.807) is 24.0 Å². The second-order valence-corrected chi connectivity index (χ2v) is 9.28. The Morgan fingerprint density at radius 3 is 2.28 bits per heavy atom. The Labute approximate surface area is 173 Å². The highest BCUT2D eigenvalue weighted by atomic mass is 32.2. The van der Waals surface area contributed by atoms with Crippen LogP contribution in [0.2, 0.25) is 0 Å². The van der Waals surface area contributed by atoms with Gasteiger partial charge in [-0.1, -0.05) is 25.1 Å². The van der Waals surface area contributed by atoms with Crippen molar-refractivity contribution in [3.63, 3.8) is 0 Å². The van der Waals surface area contributed by atoms with E-state index in [9.17, 15) is 13.2 Å². The van der Waals surface area contributed by atoms with Gasteiger partial charge in [-0.05, 0) is 62.2 Å². The highest BCUT2D eigenvalue weighted by Gasteiger charge is 2.24. The van der Waals surface area contributed by atoms with Crippen LogP contribution in [0, 0.1) is 20.8 Å². The first kappa shape index (κ1) is 21.3. The Morgan fingerprint density at radius 2 is 1.62 bits per heavy atom. The maximum Gasteiger partial charge on any atom is 0.262 e. The van der Waals surface area contributed by atoms with Crippen molar-refractivity contribution < 1.29 is 13.2 Å². The first-order valence-electron chi connectivity index (χ1n) is 9.93. The van der Waals surface area contributed by atoms with Crippen molar-refractivity contribution >= 4 is 21.6 Å². The molecule has 0 saturated carbocycles. The molecule has 2 aromatic carbocycles. The van der Waals surface area contributed by atoms with Gasteiger partial charge >= 0.3 is 0 Å². The predicted molar refractivity (Wildman–Crippen MR) is 116 cm³/mol. The molecule has 0 atom stereocenters. The van der Waals surface area contributed by atoms with E-state index >= 15 is 0 Å². The zero-order valence-corrected chi connectivity index (χ0v) is 18.3. The molecule has 0 bridgehead atoms. The van der Waals surface area contributed by atoms with Crippen molar-refractivity contribution in [1.29, 1.82) is 0 Å². The summed E-state index contributed by atoms with van der Waals surface area (Å²) in [6.45, 7) is 11.6. The minimum Gasteiger partial charge on any atom is -0.336 e. The van der Waals surface area contributed by atoms with Crippen LogP contribution in [0.5, 0.6) is 0 Å². The summed E-state index contributed by atoms with van der Waals surface area (Å²) in [4.78, 5) is 17.2. The van der Waals surface area contributed by atoms with E-state index < -0.39 is 10.0 Å². The zero-order valence-electron chi connectivity index (χ0n) is 17.5. The number of rotatable bonds is 5. The SMILES string of the molecule is CCN1CCN(C(=O)c2ccc(C)c(S(=O)(=O)Nc3cc(C)ccc3C)c2)CC1. The second-order valence-electron chi connectivity index (χ2n) is 7.63. The van der Waals surface area contributed by atoms with E-state index in [0.717, 1.165) is 30.8 Å². The normalized spacial score (nSPS) is 15.4. The average Bonchev–Trinajstić information content (AvgIpc) is 2.70. The summed E-state index contributed by atoms with van der Waals surface area (Å²) in [7, 11) is -3.81. The molecule has 7 heteroatoms. The first-order chi connectivity index (χ1) is 13.7. The molecule has 1 aliphatic rings. The summed E-state index contributed by atoms with van der Waals surface area (Å²) in [6.07, 6.45) is 0. The number of likely N-dealkylation sites (N-methyl/N-ethyl adjacent to an activating group) is 1. The topological polar surface area (TPSA) is 69.7 Å². The number of nitrogens with zero attached hydrogens (tertiary/aromatic N) is 2. The fourth-order valence-corrected chi connectivity index (χ4v) is 4.91. The molecule has 0 aliphatic carbocycles. The molecule has 0 spiro atoms. The molecule has 2 aromatic rings. The molecule has 0 radical (unpaired) electrons. The third-order valence-electron chi connectivity index (χ3n) is 5.47. The number of carbonyl (C=O) groups excluding carboxylic acids is 1. The summed E-state index contributed by atoms with van der Waals surface area (Å²) < 4.78 is 28.8. The quantitative estimate of drug-likeness (QED) is 0.814. The molecule has 1 amide bonds. The van der Waals surface area contributed by atoms with Gasteiger partial charge in [0.05, 0.1) is 10.6 Å². The molecule has 1 fully saturated rings. The molecule has 1 aliphatic heterocycles. The lowest BCUT2D eigenvalue weighted by Gasteiger charge is -2.34. The minimum atomic E-state index is -3.81. The van der Waals surface area contributed by atoms with E-state index in [0.29, 0.717) is 29.9 Å². The molecule has 3 rings (SSSR count). The maximum atomic E-state index is 13.1. The van der Waals surface area contributed by atoms with Gasteiger partial charge in [0, 0.05) is 31.7 Å². The van der Waals surface area contributed by atoms with Crippen LogP contribution in [0.25, 0.3) is 0 Å². The summed E-state index contributed by atoms with van der Waals surface area (Å²) in [6, 6.07) is 10.5. The van der Waals surface area contributed by atoms with E-state index in [1.807, 2.05) is 32.0 Å². The Morgan fingerprint density at radius 1 is 0.966 bits per heavy atom. The summed E-state index contributed by atoms with van der Waals surface area (Å²) in [5.74, 6) is -0.121. The van der Waals surface area contributed by atoms with Crippen molar-refractivity contribution in [1.82, 2.24) is 9.80 Å². The van der Waals surface area contributed by atoms with Gasteiger partial charge in [0.15, 0.2) is 0 Å². The second kappa shape index (κ2) is 8.55. The number of aryl methyl sites for hydroxylation is 3. The Balaban J connectivity index is 1.86. The fourth-order valence-electron chi connectivity index (χ4n) is 3.52. The van der Waals surface area contributed by atoms with Crippen LogP contribution in [0.3, 0.4) is 0 Å². The molecule has 6 nitrogen and oxygen atoms in total. The van der Waals surface area contributed by atoms with E-state index in [2.05, 4.69) is 16.5 Å². The third kappa shape index (κ3) is 4.79. The van der Waals surface area contributed by atoms with Crippen molar-refractivity contribution in [2.75, 3.05) is 37.4 Å². The lowest BCUT2D eigenvalue weighted by molar-refractivity contribution is 0.0643. The predicted octanol–water partition coefficient (Wildman–Crippen LogP) is 3.19. The lowest BCUT2D eigenvalue weighted by atomic mass is 10.1. The van der Waals surface area contributed by atoms with Gasteiger partial charge in [-0.15, -0.1) is 0 Å². The van der Waals surface area contributed by atoms with Crippen LogP contribution in [0.4, 0.5) is 5.69 Å². The van der Waals surface area contributed by atoms with Crippen molar-refractivity contribution in [3.8, 4) is 0 Å². The average molecular weight is 416 g/mol. The van der Waals surface area contributed by atoms with Crippen LogP contribution in [0.1, 0.15) is 34.0 Å². The number of amides is 1. The van der Waals surface area contributed by atoms with E-state index in [1.165, 1.54) is 6.07 Å². The lowest BCUT2D eigenvalue weighted by Crippen LogP contribution is -2.48. The van der Waals surface area contributed by atoms with Gasteiger partial charge in [-0.25, -0.2) is 8.42 Å². The standard InChI is InChI=1S/C22H29N3O3S/c1-5-24-10-12-25(13-11-24)22(26)19-9-8-18(4)21(15-19)29(27,28)23-20-14-16(2)6-7-17(20)3/h6-9,14-15,23H,5,10-13H2,1-4H3. The van der Waals surface area contributed by atoms with Gasteiger partial charge < -0.3 is 9.80 Å². The van der Waals surface area contributed by atoms with Crippen LogP contribution in [0.15, 0.2) is 41.3 Å². The number of nitrogens with one attached hydrogen (secondary N) is 1. The Bertz CT molecular complexity index is 1010. The molecule has 0 unspecified atom stereocenters. The molecule has 1 saturated heterocycles. The van der Waals surface area contributed by atoms with Gasteiger partial charge in [0.25, 0.3) is 15.9 Å². The molecule has 29 heavy (non-hydrogen) atoms. The Hall–Kier alpha value is -2.38. The first-order valence-corrected chi connectivity index (χ1v) is 11.4. The molecular formula is C22H29N3O3S. The van der Waals surface area contributed by atoms with E-state index in [-0.39, 0.29) is 10.8 Å². The molecule has 1 N–H and O–H groups in total. The number of benzene rings is 2. The summed E-state index contributed by atoms with van der Waals surface area (Å²) in [5.41, 5.74) is 3.38. The van der Waals surface area contributed by atoms with Crippen LogP contribution in [-0.2, 0) is 10.0 Å². The number of hydrogen-bond acceptors (Lipinski definition) is 4. The van der Waals surface area contributed by atoms with Crippen LogP contribution >= 0.6 is 0 Å². The monoisotopic (exact) mass is 415 g/mol. The number of sulfonamides is 1. The van der Waals surface area contributed by atoms with E-state index in [4.69, 9.17) is 0 Å². The smallest absolute Gasteiger partial charge is 0.262 e. The molecular weight excluding hydrogens is 386 g/mol. The number of hydrogen-bond donors (Lipinski definition) is 1. The van der Waals surface area contributed by atoms with Gasteiger partial charge in [0.1, 0.15) is 0 Å². The van der Waals surface area contributed by atoms with Crippen LogP contribution < -0.4 is 4.72 Å².